The summed E-state index contributed by atoms with van der Waals surface area (Å²) in [7, 11) is 4.55. The van der Waals surface area contributed by atoms with Crippen LogP contribution in [0.15, 0.2) is 0 Å². The van der Waals surface area contributed by atoms with Crippen LogP contribution < -0.4 is 0 Å². The average molecular weight is 456 g/mol. The van der Waals surface area contributed by atoms with E-state index in [1.807, 2.05) is 0 Å². The van der Waals surface area contributed by atoms with Gasteiger partial charge in [0.1, 0.15) is 0 Å². The van der Waals surface area contributed by atoms with Crippen LogP contribution >= 0.6 is 0 Å². The third-order valence-corrected chi connectivity index (χ3v) is 14.9. The van der Waals surface area contributed by atoms with E-state index in [1.54, 1.807) is 42.7 Å². The van der Waals surface area contributed by atoms with Gasteiger partial charge in [0, 0.05) is 42.7 Å². The van der Waals surface area contributed by atoms with Crippen LogP contribution in [0.5, 0.6) is 0 Å². The van der Waals surface area contributed by atoms with E-state index in [2.05, 4.69) is 24.5 Å². The van der Waals surface area contributed by atoms with Gasteiger partial charge in [0.15, 0.2) is 0 Å². The Balaban J connectivity index is 4.64. The largest absolute Gasteiger partial charge is 0.398 e. The van der Waals surface area contributed by atoms with Crippen molar-refractivity contribution in [2.24, 2.45) is 0 Å². The molecule has 0 aliphatic heterocycles. The van der Waals surface area contributed by atoms with E-state index >= 15 is 0 Å². The highest BCUT2D eigenvalue weighted by atomic mass is 28.4. The van der Waals surface area contributed by atoms with Crippen molar-refractivity contribution in [1.29, 1.82) is 0 Å². The molecule has 170 valence electrons. The van der Waals surface area contributed by atoms with Gasteiger partial charge in [-0.05, 0) is 76.7 Å². The van der Waals surface area contributed by atoms with E-state index in [0.29, 0.717) is 0 Å². The zero-order valence-corrected chi connectivity index (χ0v) is 22.8. The predicted octanol–water partition coefficient (Wildman–Crippen LogP) is 3.55. The molecule has 0 aromatic heterocycles. The molecule has 0 heterocycles. The average Bonchev–Trinajstić information content (AvgIpc) is 2.72. The maximum absolute atomic E-state index is 5.62. The molecule has 0 aromatic carbocycles. The predicted molar refractivity (Wildman–Crippen MR) is 122 cm³/mol. The maximum Gasteiger partial charge on any atom is 0.334 e. The molecule has 0 unspecified atom stereocenters. The van der Waals surface area contributed by atoms with Crippen molar-refractivity contribution >= 4 is 25.7 Å². The topological polar surface area (TPSA) is 58.6 Å². The Hall–Kier alpha value is 0.371. The van der Waals surface area contributed by atoms with Crippen molar-refractivity contribution in [3.8, 4) is 0 Å². The van der Waals surface area contributed by atoms with Gasteiger partial charge < -0.3 is 31.5 Å². The molecule has 0 radical (unpaired) electrons. The van der Waals surface area contributed by atoms with E-state index in [-0.39, 0.29) is 0 Å². The highest BCUT2D eigenvalue weighted by Gasteiger charge is 2.31. The molecule has 10 heteroatoms. The molecule has 0 aliphatic rings. The van der Waals surface area contributed by atoms with Crippen LogP contribution in [0.1, 0.15) is 19.3 Å². The Morgan fingerprint density at radius 2 is 0.679 bits per heavy atom. The van der Waals surface area contributed by atoms with Crippen LogP contribution in [-0.4, -0.2) is 92.9 Å². The van der Waals surface area contributed by atoms with E-state index in [4.69, 9.17) is 26.6 Å². The Bertz CT molecular complexity index is 336. The second-order valence-electron chi connectivity index (χ2n) is 7.78. The molecule has 0 fully saturated rings. The van der Waals surface area contributed by atoms with Crippen molar-refractivity contribution < 1.29 is 26.6 Å². The van der Waals surface area contributed by atoms with Gasteiger partial charge in [-0.15, -0.1) is 0 Å². The fourth-order valence-corrected chi connectivity index (χ4v) is 7.19. The van der Waals surface area contributed by atoms with Gasteiger partial charge in [0.25, 0.3) is 0 Å². The molecule has 0 bridgehead atoms. The molecule has 0 atom stereocenters. The molecule has 28 heavy (non-hydrogen) atoms. The van der Waals surface area contributed by atoms with Gasteiger partial charge in [-0.3, -0.25) is 0 Å². The molecular formula is C18H45NO6Si3. The van der Waals surface area contributed by atoms with Gasteiger partial charge in [-0.1, -0.05) is 0 Å². The molecular weight excluding hydrogens is 410 g/mol. The molecule has 0 spiro atoms. The van der Waals surface area contributed by atoms with Gasteiger partial charge in [0.2, 0.25) is 0 Å². The van der Waals surface area contributed by atoms with Gasteiger partial charge in [-0.2, -0.15) is 0 Å². The fourth-order valence-electron chi connectivity index (χ4n) is 3.07. The summed E-state index contributed by atoms with van der Waals surface area (Å²) in [5.74, 6) is 0. The van der Waals surface area contributed by atoms with Crippen molar-refractivity contribution in [3.05, 3.63) is 0 Å². The zero-order chi connectivity index (χ0) is 21.7. The Morgan fingerprint density at radius 3 is 0.857 bits per heavy atom. The Kier molecular flexibility index (Phi) is 14.6. The second kappa shape index (κ2) is 14.4. The zero-order valence-electron chi connectivity index (χ0n) is 19.8. The van der Waals surface area contributed by atoms with Crippen LogP contribution in [-0.2, 0) is 26.6 Å². The monoisotopic (exact) mass is 455 g/mol. The minimum Gasteiger partial charge on any atom is -0.398 e. The molecule has 0 N–H and O–H groups in total. The van der Waals surface area contributed by atoms with Crippen molar-refractivity contribution in [3.63, 3.8) is 0 Å². The van der Waals surface area contributed by atoms with Crippen LogP contribution in [0.3, 0.4) is 0 Å². The van der Waals surface area contributed by atoms with Gasteiger partial charge >= 0.3 is 25.7 Å². The number of rotatable bonds is 18. The first-order valence-electron chi connectivity index (χ1n) is 10.2. The standard InChI is InChI=1S/C18H45NO6Si3/c1-20-26(7,21-2)16-10-13-19(14-11-17-27(8,22-3)23-4)15-12-18-28(9,24-5)25-6/h10-18H2,1-9H3. The summed E-state index contributed by atoms with van der Waals surface area (Å²) in [5.41, 5.74) is 0. The lowest BCUT2D eigenvalue weighted by molar-refractivity contribution is 0.225. The quantitative estimate of drug-likeness (QED) is 0.293. The van der Waals surface area contributed by atoms with E-state index in [1.165, 1.54) is 0 Å². The van der Waals surface area contributed by atoms with E-state index in [0.717, 1.165) is 57.0 Å². The smallest absolute Gasteiger partial charge is 0.334 e. The summed E-state index contributed by atoms with van der Waals surface area (Å²) in [6, 6.07) is 3.01. The number of hydrogen-bond acceptors (Lipinski definition) is 7. The summed E-state index contributed by atoms with van der Waals surface area (Å²) >= 11 is 0. The molecule has 0 rings (SSSR count). The first-order valence-corrected chi connectivity index (χ1v) is 17.8. The summed E-state index contributed by atoms with van der Waals surface area (Å²) in [4.78, 5) is 2.54. The SMILES string of the molecule is CO[Si](C)(CCCN(CCC[Si](C)(OC)OC)CCC[Si](C)(OC)OC)OC. The van der Waals surface area contributed by atoms with Crippen LogP contribution in [0.25, 0.3) is 0 Å². The molecule has 0 amide bonds. The highest BCUT2D eigenvalue weighted by Crippen LogP contribution is 2.18. The van der Waals surface area contributed by atoms with Crippen LogP contribution in [0.2, 0.25) is 37.8 Å². The van der Waals surface area contributed by atoms with E-state index in [9.17, 15) is 0 Å². The Morgan fingerprint density at radius 1 is 0.464 bits per heavy atom. The third-order valence-electron chi connectivity index (χ3n) is 5.91. The van der Waals surface area contributed by atoms with Crippen LogP contribution in [0.4, 0.5) is 0 Å². The number of hydrogen-bond donors (Lipinski definition) is 0. The highest BCUT2D eigenvalue weighted by molar-refractivity contribution is 6.66. The maximum atomic E-state index is 5.62. The van der Waals surface area contributed by atoms with E-state index < -0.39 is 25.7 Å². The minimum atomic E-state index is -2.00. The fraction of sp³-hybridized carbons (Fsp3) is 1.00. The van der Waals surface area contributed by atoms with Gasteiger partial charge in [-0.25, -0.2) is 0 Å². The molecule has 0 saturated heterocycles. The first-order chi connectivity index (χ1) is 13.1. The van der Waals surface area contributed by atoms with Crippen molar-refractivity contribution in [1.82, 2.24) is 4.90 Å². The van der Waals surface area contributed by atoms with Gasteiger partial charge in [0.05, 0.1) is 0 Å². The summed E-state index contributed by atoms with van der Waals surface area (Å²) < 4.78 is 33.7. The molecule has 0 aromatic rings. The van der Waals surface area contributed by atoms with Crippen molar-refractivity contribution in [2.45, 2.75) is 57.0 Å². The lowest BCUT2D eigenvalue weighted by Crippen LogP contribution is -2.39. The third kappa shape index (κ3) is 11.0. The minimum absolute atomic E-state index is 1.00. The normalized spacial score (nSPS) is 13.5. The number of nitrogens with zero attached hydrogens (tertiary/aromatic N) is 1. The van der Waals surface area contributed by atoms with Crippen LogP contribution in [0, 0.1) is 0 Å². The van der Waals surface area contributed by atoms with Crippen molar-refractivity contribution in [2.75, 3.05) is 62.3 Å². The molecule has 7 nitrogen and oxygen atoms in total. The lowest BCUT2D eigenvalue weighted by Gasteiger charge is -2.29. The Labute approximate surface area is 176 Å². The summed E-state index contributed by atoms with van der Waals surface area (Å²) in [6.07, 6.45) is 3.24. The first kappa shape index (κ1) is 28.4. The molecule has 0 aliphatic carbocycles. The molecule has 0 saturated carbocycles. The lowest BCUT2D eigenvalue weighted by atomic mass is 10.3. The second-order valence-corrected chi connectivity index (χ2v) is 18.5. The summed E-state index contributed by atoms with van der Waals surface area (Å²) in [6.45, 7) is 9.52. The summed E-state index contributed by atoms with van der Waals surface area (Å²) in [5, 5.41) is 0.